The van der Waals surface area contributed by atoms with E-state index < -0.39 is 0 Å². The number of hydrogen-bond acceptors (Lipinski definition) is 4. The molecule has 8 nitrogen and oxygen atoms in total. The van der Waals surface area contributed by atoms with Crippen molar-refractivity contribution in [1.29, 1.82) is 0 Å². The number of benzene rings is 2. The van der Waals surface area contributed by atoms with Gasteiger partial charge in [-0.1, -0.05) is 30.3 Å². The van der Waals surface area contributed by atoms with Crippen LogP contribution in [0.2, 0.25) is 0 Å². The van der Waals surface area contributed by atoms with E-state index in [1.165, 1.54) is 4.57 Å². The molecule has 0 unspecified atom stereocenters. The molecule has 8 heteroatoms. The van der Waals surface area contributed by atoms with Crippen molar-refractivity contribution < 1.29 is 9.59 Å². The summed E-state index contributed by atoms with van der Waals surface area (Å²) in [4.78, 5) is 29.1. The molecule has 2 amide bonds. The number of anilines is 2. The van der Waals surface area contributed by atoms with E-state index >= 15 is 0 Å². The van der Waals surface area contributed by atoms with Crippen LogP contribution < -0.4 is 10.6 Å². The van der Waals surface area contributed by atoms with Crippen molar-refractivity contribution in [1.82, 2.24) is 19.3 Å². The third kappa shape index (κ3) is 3.97. The molecule has 0 fully saturated rings. The number of amides is 2. The monoisotopic (exact) mass is 422 g/mol. The summed E-state index contributed by atoms with van der Waals surface area (Å²) in [5.74, 6) is -0.238. The highest BCUT2D eigenvalue weighted by Gasteiger charge is 2.11. The summed E-state index contributed by atoms with van der Waals surface area (Å²) in [7, 11) is 0. The van der Waals surface area contributed by atoms with Crippen LogP contribution in [0, 0.1) is 0 Å². The predicted molar refractivity (Wildman–Crippen MR) is 122 cm³/mol. The number of hydrogen-bond donors (Lipinski definition) is 2. The van der Waals surface area contributed by atoms with Crippen LogP contribution in [-0.4, -0.2) is 31.3 Å². The molecule has 0 radical (unpaired) electrons. The summed E-state index contributed by atoms with van der Waals surface area (Å²) in [5, 5.41) is 11.9. The first-order valence-electron chi connectivity index (χ1n) is 9.90. The molecule has 0 aliphatic heterocycles. The molecule has 0 aliphatic rings. The van der Waals surface area contributed by atoms with Crippen LogP contribution in [-0.2, 0) is 0 Å². The van der Waals surface area contributed by atoms with Crippen LogP contribution >= 0.6 is 0 Å². The maximum absolute atomic E-state index is 12.6. The first-order chi connectivity index (χ1) is 15.7. The number of carbonyl (C=O) groups excluding carboxylic acids is 2. The Hall–Kier alpha value is -4.72. The quantitative estimate of drug-likeness (QED) is 0.444. The summed E-state index contributed by atoms with van der Waals surface area (Å²) < 4.78 is 3.11. The summed E-state index contributed by atoms with van der Waals surface area (Å²) in [5.41, 5.74) is 2.38. The van der Waals surface area contributed by atoms with Gasteiger partial charge >= 0.3 is 6.03 Å². The molecule has 0 spiro atoms. The topological polar surface area (TPSA) is 93.8 Å². The van der Waals surface area contributed by atoms with E-state index in [2.05, 4.69) is 20.7 Å². The van der Waals surface area contributed by atoms with Crippen LogP contribution in [0.5, 0.6) is 0 Å². The van der Waals surface area contributed by atoms with Gasteiger partial charge in [0.1, 0.15) is 0 Å². The van der Waals surface area contributed by atoms with Gasteiger partial charge in [0.2, 0.25) is 0 Å². The zero-order chi connectivity index (χ0) is 21.9. The molecular weight excluding hydrogens is 404 g/mol. The minimum atomic E-state index is -0.286. The van der Waals surface area contributed by atoms with E-state index in [0.29, 0.717) is 22.6 Å². The van der Waals surface area contributed by atoms with Crippen LogP contribution in [0.3, 0.4) is 0 Å². The summed E-state index contributed by atoms with van der Waals surface area (Å²) in [6, 6.07) is 18.0. The maximum atomic E-state index is 12.6. The van der Waals surface area contributed by atoms with E-state index in [1.54, 1.807) is 72.2 Å². The van der Waals surface area contributed by atoms with E-state index in [0.717, 1.165) is 10.8 Å². The molecule has 3 heterocycles. The van der Waals surface area contributed by atoms with Gasteiger partial charge in [0.15, 0.2) is 0 Å². The lowest BCUT2D eigenvalue weighted by atomic mass is 10.2. The van der Waals surface area contributed by atoms with E-state index in [9.17, 15) is 9.59 Å². The lowest BCUT2D eigenvalue weighted by Gasteiger charge is -2.07. The van der Waals surface area contributed by atoms with Crippen molar-refractivity contribution in [3.63, 3.8) is 0 Å². The van der Waals surface area contributed by atoms with Gasteiger partial charge < -0.3 is 10.6 Å². The van der Waals surface area contributed by atoms with Crippen LogP contribution in [0.4, 0.5) is 16.2 Å². The fourth-order valence-electron chi connectivity index (χ4n) is 3.34. The predicted octanol–water partition coefficient (Wildman–Crippen LogP) is 4.55. The third-order valence-electron chi connectivity index (χ3n) is 4.93. The highest BCUT2D eigenvalue weighted by molar-refractivity contribution is 6.04. The molecular formula is C24H18N6O2. The first-order valence-corrected chi connectivity index (χ1v) is 9.90. The van der Waals surface area contributed by atoms with Gasteiger partial charge in [-0.15, -0.1) is 0 Å². The Bertz CT molecular complexity index is 1390. The van der Waals surface area contributed by atoms with Crippen LogP contribution in [0.25, 0.3) is 16.5 Å². The number of aromatic nitrogens is 4. The number of fused-ring (bicyclic) bond motifs is 1. The highest BCUT2D eigenvalue weighted by atomic mass is 16.2. The average molecular weight is 422 g/mol. The maximum Gasteiger partial charge on any atom is 0.330 e. The molecule has 0 saturated heterocycles. The normalized spacial score (nSPS) is 10.8. The van der Waals surface area contributed by atoms with Gasteiger partial charge in [0.05, 0.1) is 23.8 Å². The zero-order valence-corrected chi connectivity index (χ0v) is 16.8. The Morgan fingerprint density at radius 2 is 1.53 bits per heavy atom. The molecule has 0 atom stereocenters. The highest BCUT2D eigenvalue weighted by Crippen LogP contribution is 2.17. The van der Waals surface area contributed by atoms with Crippen molar-refractivity contribution in [2.24, 2.45) is 0 Å². The smallest absolute Gasteiger partial charge is 0.322 e. The fraction of sp³-hybridized carbons (Fsp3) is 0. The summed E-state index contributed by atoms with van der Waals surface area (Å²) in [6.45, 7) is 0. The first kappa shape index (κ1) is 19.3. The van der Waals surface area contributed by atoms with Gasteiger partial charge in [-0.25, -0.2) is 9.48 Å². The number of carbonyl (C=O) groups is 2. The second-order valence-electron chi connectivity index (χ2n) is 7.14. The molecule has 3 aromatic heterocycles. The zero-order valence-electron chi connectivity index (χ0n) is 16.8. The Morgan fingerprint density at radius 3 is 2.28 bits per heavy atom. The van der Waals surface area contributed by atoms with Crippen molar-refractivity contribution in [3.8, 4) is 5.69 Å². The van der Waals surface area contributed by atoms with Crippen molar-refractivity contribution >= 4 is 34.1 Å². The Morgan fingerprint density at radius 1 is 0.781 bits per heavy atom. The second kappa shape index (κ2) is 8.19. The number of nitrogens with one attached hydrogen (secondary N) is 2. The molecule has 0 bridgehead atoms. The average Bonchev–Trinajstić information content (AvgIpc) is 3.47. The van der Waals surface area contributed by atoms with Crippen molar-refractivity contribution in [2.45, 2.75) is 0 Å². The second-order valence-corrected chi connectivity index (χ2v) is 7.14. The van der Waals surface area contributed by atoms with Crippen LogP contribution in [0.1, 0.15) is 10.4 Å². The van der Waals surface area contributed by atoms with Gasteiger partial charge in [-0.3, -0.25) is 14.3 Å². The van der Waals surface area contributed by atoms with E-state index in [1.807, 2.05) is 30.3 Å². The molecule has 5 rings (SSSR count). The largest absolute Gasteiger partial charge is 0.330 e. The Kier molecular flexibility index (Phi) is 4.93. The van der Waals surface area contributed by atoms with Gasteiger partial charge in [0.25, 0.3) is 5.91 Å². The third-order valence-corrected chi connectivity index (χ3v) is 4.93. The van der Waals surface area contributed by atoms with Gasteiger partial charge in [-0.2, -0.15) is 5.10 Å². The summed E-state index contributed by atoms with van der Waals surface area (Å²) in [6.07, 6.45) is 10.0. The Labute approximate surface area is 183 Å². The molecule has 0 saturated carbocycles. The SMILES string of the molecule is O=C(Nc1ccncc1)c1cccc(-n2cc(NC(=O)n3cc4ccccc4c3)cn2)c1. The summed E-state index contributed by atoms with van der Waals surface area (Å²) >= 11 is 0. The Balaban J connectivity index is 1.31. The fourth-order valence-corrected chi connectivity index (χ4v) is 3.34. The number of pyridine rings is 1. The lowest BCUT2D eigenvalue weighted by Crippen LogP contribution is -2.17. The van der Waals surface area contributed by atoms with Crippen molar-refractivity contribution in [2.75, 3.05) is 10.6 Å². The molecule has 5 aromatic rings. The van der Waals surface area contributed by atoms with Crippen molar-refractivity contribution in [3.05, 3.63) is 103 Å². The van der Waals surface area contributed by atoms with Gasteiger partial charge in [-0.05, 0) is 41.1 Å². The van der Waals surface area contributed by atoms with Crippen LogP contribution in [0.15, 0.2) is 97.8 Å². The van der Waals surface area contributed by atoms with E-state index in [4.69, 9.17) is 0 Å². The number of nitrogens with zero attached hydrogens (tertiary/aromatic N) is 4. The molecule has 2 N–H and O–H groups in total. The minimum Gasteiger partial charge on any atom is -0.322 e. The van der Waals surface area contributed by atoms with Gasteiger partial charge in [0, 0.05) is 36.0 Å². The molecule has 2 aromatic carbocycles. The molecule has 156 valence electrons. The van der Waals surface area contributed by atoms with E-state index in [-0.39, 0.29) is 11.9 Å². The minimum absolute atomic E-state index is 0.238. The molecule has 32 heavy (non-hydrogen) atoms. The number of rotatable bonds is 4. The standard InChI is InChI=1S/C24H18N6O2/c31-23(27-20-8-10-25-11-9-20)17-6-3-7-22(12-17)30-16-21(13-26-30)28-24(32)29-14-18-4-1-2-5-19(18)15-29/h1-16H,(H,28,32)(H,25,27,31). The molecule has 0 aliphatic carbocycles. The lowest BCUT2D eigenvalue weighted by molar-refractivity contribution is 0.102.